The number of piperazine rings is 1. The minimum Gasteiger partial charge on any atom is -0.384 e. The highest BCUT2D eigenvalue weighted by molar-refractivity contribution is 7.89. The Labute approximate surface area is 145 Å². The molecule has 0 spiro atoms. The average molecular weight is 359 g/mol. The molecule has 3 heterocycles. The highest BCUT2D eigenvalue weighted by atomic mass is 32.2. The molecule has 1 aliphatic rings. The van der Waals surface area contributed by atoms with Crippen LogP contribution in [0.1, 0.15) is 11.4 Å². The van der Waals surface area contributed by atoms with Crippen molar-refractivity contribution in [1.82, 2.24) is 19.3 Å². The number of rotatable bonds is 3. The topological polar surface area (TPSA) is 129 Å². The second-order valence-electron chi connectivity index (χ2n) is 5.62. The molecule has 0 unspecified atom stereocenters. The van der Waals surface area contributed by atoms with E-state index in [1.165, 1.54) is 22.6 Å². The van der Waals surface area contributed by atoms with Gasteiger partial charge in [0.15, 0.2) is 0 Å². The van der Waals surface area contributed by atoms with Crippen molar-refractivity contribution in [3.05, 3.63) is 35.8 Å². The van der Waals surface area contributed by atoms with Crippen LogP contribution in [0.15, 0.2) is 29.3 Å². The van der Waals surface area contributed by atoms with E-state index in [9.17, 15) is 8.42 Å². The maximum Gasteiger partial charge on any atom is 0.244 e. The van der Waals surface area contributed by atoms with Crippen molar-refractivity contribution < 1.29 is 8.42 Å². The molecule has 10 heteroatoms. The van der Waals surface area contributed by atoms with Crippen LogP contribution in [-0.4, -0.2) is 53.9 Å². The van der Waals surface area contributed by atoms with Crippen molar-refractivity contribution >= 4 is 21.8 Å². The fourth-order valence-corrected chi connectivity index (χ4v) is 3.94. The van der Waals surface area contributed by atoms with Gasteiger partial charge in [-0.15, -0.1) is 0 Å². The van der Waals surface area contributed by atoms with Crippen LogP contribution >= 0.6 is 0 Å². The lowest BCUT2D eigenvalue weighted by Gasteiger charge is -2.34. The van der Waals surface area contributed by atoms with Gasteiger partial charge >= 0.3 is 0 Å². The zero-order valence-corrected chi connectivity index (χ0v) is 14.4. The molecule has 0 aromatic carbocycles. The van der Waals surface area contributed by atoms with Crippen molar-refractivity contribution in [1.29, 1.82) is 5.26 Å². The Hall–Kier alpha value is -2.77. The Balaban J connectivity index is 1.74. The number of hydrogen-bond donors (Lipinski definition) is 1. The van der Waals surface area contributed by atoms with E-state index in [-0.39, 0.29) is 10.7 Å². The van der Waals surface area contributed by atoms with Gasteiger partial charge in [-0.05, 0) is 25.1 Å². The lowest BCUT2D eigenvalue weighted by Crippen LogP contribution is -2.49. The molecule has 1 aliphatic heterocycles. The number of aryl methyl sites for hydroxylation is 1. The van der Waals surface area contributed by atoms with Gasteiger partial charge in [-0.1, -0.05) is 0 Å². The van der Waals surface area contributed by atoms with Crippen LogP contribution in [0.4, 0.5) is 11.8 Å². The highest BCUT2D eigenvalue weighted by Gasteiger charge is 2.29. The quantitative estimate of drug-likeness (QED) is 0.819. The summed E-state index contributed by atoms with van der Waals surface area (Å²) in [4.78, 5) is 14.4. The van der Waals surface area contributed by atoms with Gasteiger partial charge in [-0.3, -0.25) is 0 Å². The van der Waals surface area contributed by atoms with Gasteiger partial charge in [0.1, 0.15) is 22.5 Å². The number of nitrogens with zero attached hydrogens (tertiary/aromatic N) is 6. The van der Waals surface area contributed by atoms with Gasteiger partial charge < -0.3 is 10.6 Å². The van der Waals surface area contributed by atoms with Gasteiger partial charge in [-0.2, -0.15) is 9.57 Å². The number of aromatic nitrogens is 3. The third-order valence-electron chi connectivity index (χ3n) is 3.88. The van der Waals surface area contributed by atoms with Crippen molar-refractivity contribution in [3.63, 3.8) is 0 Å². The molecule has 130 valence electrons. The molecule has 2 N–H and O–H groups in total. The van der Waals surface area contributed by atoms with E-state index in [1.807, 2.05) is 11.0 Å². The molecule has 0 radical (unpaired) electrons. The number of sulfonamides is 1. The van der Waals surface area contributed by atoms with Gasteiger partial charge in [-0.25, -0.2) is 23.4 Å². The molecule has 0 aliphatic carbocycles. The van der Waals surface area contributed by atoms with Gasteiger partial charge in [0, 0.05) is 38.1 Å². The molecule has 0 atom stereocenters. The SMILES string of the molecule is Cc1cc(C#N)nc(N2CCN(S(=O)(=O)c3ccc(N)nc3)CC2)n1. The summed E-state index contributed by atoms with van der Waals surface area (Å²) in [6, 6.07) is 6.53. The highest BCUT2D eigenvalue weighted by Crippen LogP contribution is 2.19. The summed E-state index contributed by atoms with van der Waals surface area (Å²) in [7, 11) is -3.61. The predicted molar refractivity (Wildman–Crippen MR) is 91.1 cm³/mol. The third kappa shape index (κ3) is 3.52. The van der Waals surface area contributed by atoms with Crippen molar-refractivity contribution in [2.24, 2.45) is 0 Å². The van der Waals surface area contributed by atoms with Crippen molar-refractivity contribution in [2.75, 3.05) is 36.8 Å². The van der Waals surface area contributed by atoms with Crippen LogP contribution in [0.5, 0.6) is 0 Å². The van der Waals surface area contributed by atoms with Crippen LogP contribution < -0.4 is 10.6 Å². The Bertz CT molecular complexity index is 914. The Morgan fingerprint density at radius 3 is 2.52 bits per heavy atom. The van der Waals surface area contributed by atoms with Crippen molar-refractivity contribution in [2.45, 2.75) is 11.8 Å². The molecule has 25 heavy (non-hydrogen) atoms. The molecule has 2 aromatic heterocycles. The fraction of sp³-hybridized carbons (Fsp3) is 0.333. The maximum absolute atomic E-state index is 12.6. The normalized spacial score (nSPS) is 15.8. The van der Waals surface area contributed by atoms with Crippen LogP contribution in [-0.2, 0) is 10.0 Å². The first-order valence-corrected chi connectivity index (χ1v) is 9.06. The first-order valence-electron chi connectivity index (χ1n) is 7.62. The summed E-state index contributed by atoms with van der Waals surface area (Å²) in [5.41, 5.74) is 6.50. The first-order chi connectivity index (χ1) is 11.9. The predicted octanol–water partition coefficient (Wildman–Crippen LogP) is 0.145. The second-order valence-corrected chi connectivity index (χ2v) is 7.55. The van der Waals surface area contributed by atoms with Gasteiger partial charge in [0.05, 0.1) is 0 Å². The summed E-state index contributed by atoms with van der Waals surface area (Å²) >= 11 is 0. The number of hydrogen-bond acceptors (Lipinski definition) is 8. The largest absolute Gasteiger partial charge is 0.384 e. The summed E-state index contributed by atoms with van der Waals surface area (Å²) in [5, 5.41) is 9.02. The zero-order valence-electron chi connectivity index (χ0n) is 13.6. The summed E-state index contributed by atoms with van der Waals surface area (Å²) < 4.78 is 26.7. The van der Waals surface area contributed by atoms with E-state index < -0.39 is 10.0 Å². The number of pyridine rings is 1. The summed E-state index contributed by atoms with van der Waals surface area (Å²) in [6.07, 6.45) is 1.26. The Kier molecular flexibility index (Phi) is 4.52. The third-order valence-corrected chi connectivity index (χ3v) is 5.76. The smallest absolute Gasteiger partial charge is 0.244 e. The number of nitriles is 1. The molecular weight excluding hydrogens is 342 g/mol. The molecule has 0 saturated carbocycles. The van der Waals surface area contributed by atoms with Crippen LogP contribution in [0.25, 0.3) is 0 Å². The summed E-state index contributed by atoms with van der Waals surface area (Å²) in [5.74, 6) is 0.719. The molecule has 0 bridgehead atoms. The van der Waals surface area contributed by atoms with Crippen LogP contribution in [0.3, 0.4) is 0 Å². The van der Waals surface area contributed by atoms with Crippen molar-refractivity contribution in [3.8, 4) is 6.07 Å². The second kappa shape index (κ2) is 6.62. The maximum atomic E-state index is 12.6. The van der Waals surface area contributed by atoms with Gasteiger partial charge in [0.2, 0.25) is 16.0 Å². The van der Waals surface area contributed by atoms with E-state index in [1.54, 1.807) is 13.0 Å². The lowest BCUT2D eigenvalue weighted by atomic mass is 10.3. The molecule has 3 rings (SSSR count). The fourth-order valence-electron chi connectivity index (χ4n) is 2.57. The standard InChI is InChI=1S/C15H17N7O2S/c1-11-8-12(9-16)20-15(19-11)21-4-6-22(7-5-21)25(23,24)13-2-3-14(17)18-10-13/h2-3,8,10H,4-7H2,1H3,(H2,17,18). The van der Waals surface area contributed by atoms with E-state index in [0.29, 0.717) is 43.5 Å². The molecule has 1 saturated heterocycles. The molecule has 0 amide bonds. The minimum absolute atomic E-state index is 0.119. The molecule has 9 nitrogen and oxygen atoms in total. The number of anilines is 2. The minimum atomic E-state index is -3.61. The Morgan fingerprint density at radius 2 is 1.92 bits per heavy atom. The van der Waals surface area contributed by atoms with E-state index in [0.717, 1.165) is 0 Å². The zero-order chi connectivity index (χ0) is 18.0. The van der Waals surface area contributed by atoms with Crippen LogP contribution in [0.2, 0.25) is 0 Å². The molecule has 1 fully saturated rings. The van der Waals surface area contributed by atoms with Crippen LogP contribution in [0, 0.1) is 18.3 Å². The Morgan fingerprint density at radius 1 is 1.20 bits per heavy atom. The van der Waals surface area contributed by atoms with E-state index >= 15 is 0 Å². The average Bonchev–Trinajstić information content (AvgIpc) is 2.61. The molecular formula is C15H17N7O2S. The van der Waals surface area contributed by atoms with Gasteiger partial charge in [0.25, 0.3) is 0 Å². The number of nitrogen functional groups attached to an aromatic ring is 1. The molecule has 2 aromatic rings. The first kappa shape index (κ1) is 17.1. The van der Waals surface area contributed by atoms with E-state index in [2.05, 4.69) is 15.0 Å². The summed E-state index contributed by atoms with van der Waals surface area (Å²) in [6.45, 7) is 3.27. The van der Waals surface area contributed by atoms with E-state index in [4.69, 9.17) is 11.0 Å². The number of nitrogens with two attached hydrogens (primary N) is 1. The monoisotopic (exact) mass is 359 g/mol. The lowest BCUT2D eigenvalue weighted by molar-refractivity contribution is 0.382.